The molecule has 0 aromatic carbocycles. The van der Waals surface area contributed by atoms with Gasteiger partial charge in [0.05, 0.1) is 0 Å². The third-order valence-electron chi connectivity index (χ3n) is 2.58. The second-order valence-electron chi connectivity index (χ2n) is 5.72. The van der Waals surface area contributed by atoms with Crippen LogP contribution in [-0.4, -0.2) is 34.0 Å². The first-order valence-corrected chi connectivity index (χ1v) is 12.3. The molecular formula is C10H27NSi2. The second-order valence-corrected chi connectivity index (χ2v) is 16.5. The van der Waals surface area contributed by atoms with Crippen LogP contribution in [0, 0.1) is 0 Å². The molecule has 0 atom stereocenters. The third kappa shape index (κ3) is 4.98. The normalized spacial score (nSPS) is 13.8. The fraction of sp³-hybridized carbons (Fsp3) is 1.00. The van der Waals surface area contributed by atoms with Crippen molar-refractivity contribution in [3.05, 3.63) is 0 Å². The Kier molecular flexibility index (Phi) is 4.90. The van der Waals surface area contributed by atoms with Gasteiger partial charge in [0.2, 0.25) is 0 Å². The number of hydrogen-bond donors (Lipinski definition) is 0. The lowest BCUT2D eigenvalue weighted by atomic mass is 10.7. The van der Waals surface area contributed by atoms with Gasteiger partial charge in [-0.3, -0.25) is 0 Å². The molecule has 0 fully saturated rings. The fourth-order valence-corrected chi connectivity index (χ4v) is 15.5. The van der Waals surface area contributed by atoms with Crippen molar-refractivity contribution in [3.63, 3.8) is 0 Å². The van der Waals surface area contributed by atoms with E-state index in [-0.39, 0.29) is 0 Å². The van der Waals surface area contributed by atoms with Gasteiger partial charge in [0.25, 0.3) is 0 Å². The maximum atomic E-state index is 2.71. The minimum absolute atomic E-state index is 0.868. The maximum absolute atomic E-state index is 2.71. The van der Waals surface area contributed by atoms with Crippen LogP contribution in [0.2, 0.25) is 38.4 Å². The lowest BCUT2D eigenvalue weighted by molar-refractivity contribution is 0.468. The molecule has 0 bridgehead atoms. The average molecular weight is 218 g/mol. The zero-order valence-electron chi connectivity index (χ0n) is 10.6. The van der Waals surface area contributed by atoms with Crippen LogP contribution in [0.5, 0.6) is 0 Å². The quantitative estimate of drug-likeness (QED) is 0.638. The monoisotopic (exact) mass is 217 g/mol. The van der Waals surface area contributed by atoms with E-state index in [0.717, 1.165) is 0 Å². The Morgan fingerprint density at radius 3 is 1.46 bits per heavy atom. The molecule has 0 rings (SSSR count). The Bertz CT molecular complexity index is 145. The van der Waals surface area contributed by atoms with Crippen molar-refractivity contribution < 1.29 is 0 Å². The van der Waals surface area contributed by atoms with Crippen molar-refractivity contribution in [2.24, 2.45) is 0 Å². The van der Waals surface area contributed by atoms with Crippen LogP contribution in [0.25, 0.3) is 0 Å². The molecule has 0 saturated heterocycles. The van der Waals surface area contributed by atoms with Crippen LogP contribution in [-0.2, 0) is 0 Å². The summed E-state index contributed by atoms with van der Waals surface area (Å²) in [5.41, 5.74) is 1.53. The number of hydrogen-bond acceptors (Lipinski definition) is 1. The largest absolute Gasteiger partial charge is 0.324 e. The van der Waals surface area contributed by atoms with E-state index in [1.165, 1.54) is 18.8 Å². The second kappa shape index (κ2) is 4.76. The minimum Gasteiger partial charge on any atom is -0.324 e. The zero-order valence-corrected chi connectivity index (χ0v) is 12.6. The molecule has 3 heteroatoms. The van der Waals surface area contributed by atoms with Crippen molar-refractivity contribution >= 4 is 16.3 Å². The van der Waals surface area contributed by atoms with Gasteiger partial charge in [-0.2, -0.15) is 0 Å². The summed E-state index contributed by atoms with van der Waals surface area (Å²) in [7, 11) is -1.94. The summed E-state index contributed by atoms with van der Waals surface area (Å²) < 4.78 is 2.71. The van der Waals surface area contributed by atoms with E-state index >= 15 is 0 Å². The molecule has 13 heavy (non-hydrogen) atoms. The van der Waals surface area contributed by atoms with Gasteiger partial charge in [0, 0.05) is 8.07 Å². The van der Waals surface area contributed by atoms with Gasteiger partial charge in [0.1, 0.15) is 8.24 Å². The summed E-state index contributed by atoms with van der Waals surface area (Å²) in [5.74, 6) is 0. The van der Waals surface area contributed by atoms with Gasteiger partial charge in [0.15, 0.2) is 0 Å². The van der Waals surface area contributed by atoms with Crippen LogP contribution in [0.15, 0.2) is 0 Å². The average Bonchev–Trinajstić information content (AvgIpc) is 1.83. The summed E-state index contributed by atoms with van der Waals surface area (Å²) in [6.45, 7) is 19.6. The highest BCUT2D eigenvalue weighted by Gasteiger charge is 2.32. The van der Waals surface area contributed by atoms with Crippen molar-refractivity contribution in [2.45, 2.75) is 52.2 Å². The highest BCUT2D eigenvalue weighted by molar-refractivity contribution is 6.93. The van der Waals surface area contributed by atoms with Gasteiger partial charge in [-0.25, -0.2) is 0 Å². The summed E-state index contributed by atoms with van der Waals surface area (Å²) in [6, 6.07) is 0. The maximum Gasteiger partial charge on any atom is 0.119 e. The molecule has 0 aromatic heterocycles. The molecule has 1 nitrogen and oxygen atoms in total. The lowest BCUT2D eigenvalue weighted by Gasteiger charge is -2.39. The molecule has 0 unspecified atom stereocenters. The Balaban J connectivity index is 4.36. The van der Waals surface area contributed by atoms with Crippen LogP contribution in [0.1, 0.15) is 13.8 Å². The van der Waals surface area contributed by atoms with Gasteiger partial charge in [-0.1, -0.05) is 46.6 Å². The standard InChI is InChI=1S/C10H27NSi2/c1-8-11(9-2)13(6,7)10-12(3,4)5/h8-10H2,1-7H3. The Labute approximate surface area is 86.6 Å². The fourth-order valence-electron chi connectivity index (χ4n) is 2.49. The van der Waals surface area contributed by atoms with Crippen LogP contribution >= 0.6 is 0 Å². The van der Waals surface area contributed by atoms with Crippen molar-refractivity contribution in [3.8, 4) is 0 Å². The van der Waals surface area contributed by atoms with Crippen molar-refractivity contribution in [1.29, 1.82) is 0 Å². The highest BCUT2D eigenvalue weighted by Crippen LogP contribution is 2.22. The van der Waals surface area contributed by atoms with Gasteiger partial charge in [-0.05, 0) is 18.8 Å². The molecular weight excluding hydrogens is 190 g/mol. The zero-order chi connectivity index (χ0) is 10.7. The summed E-state index contributed by atoms with van der Waals surface area (Å²) in [6.07, 6.45) is 0. The molecule has 0 N–H and O–H groups in total. The first kappa shape index (κ1) is 13.4. The van der Waals surface area contributed by atoms with Crippen LogP contribution in [0.3, 0.4) is 0 Å². The van der Waals surface area contributed by atoms with Crippen molar-refractivity contribution in [2.75, 3.05) is 13.1 Å². The summed E-state index contributed by atoms with van der Waals surface area (Å²) in [5, 5.41) is 0. The molecule has 0 amide bonds. The lowest BCUT2D eigenvalue weighted by Crippen LogP contribution is -2.52. The Morgan fingerprint density at radius 1 is 0.846 bits per heavy atom. The van der Waals surface area contributed by atoms with E-state index in [4.69, 9.17) is 0 Å². The highest BCUT2D eigenvalue weighted by atomic mass is 28.4. The molecule has 0 saturated carbocycles. The minimum atomic E-state index is -1.07. The molecule has 0 radical (unpaired) electrons. The molecule has 0 spiro atoms. The Hall–Kier alpha value is 0.394. The molecule has 0 aliphatic heterocycles. The number of rotatable bonds is 5. The first-order valence-electron chi connectivity index (χ1n) is 5.48. The summed E-state index contributed by atoms with van der Waals surface area (Å²) >= 11 is 0. The van der Waals surface area contributed by atoms with E-state index in [0.29, 0.717) is 0 Å². The molecule has 0 heterocycles. The summed E-state index contributed by atoms with van der Waals surface area (Å²) in [4.78, 5) is 0. The van der Waals surface area contributed by atoms with Gasteiger partial charge in [-0.15, -0.1) is 0 Å². The van der Waals surface area contributed by atoms with E-state index in [2.05, 4.69) is 51.1 Å². The van der Waals surface area contributed by atoms with Crippen molar-refractivity contribution in [1.82, 2.24) is 4.57 Å². The molecule has 0 aliphatic carbocycles. The predicted octanol–water partition coefficient (Wildman–Crippen LogP) is 3.41. The van der Waals surface area contributed by atoms with Crippen LogP contribution < -0.4 is 0 Å². The topological polar surface area (TPSA) is 3.24 Å². The predicted molar refractivity (Wildman–Crippen MR) is 68.6 cm³/mol. The van der Waals surface area contributed by atoms with E-state index in [9.17, 15) is 0 Å². The van der Waals surface area contributed by atoms with Gasteiger partial charge >= 0.3 is 0 Å². The SMILES string of the molecule is CCN(CC)[Si](C)(C)C[Si](C)(C)C. The van der Waals surface area contributed by atoms with E-state index < -0.39 is 16.3 Å². The van der Waals surface area contributed by atoms with Crippen LogP contribution in [0.4, 0.5) is 0 Å². The smallest absolute Gasteiger partial charge is 0.119 e. The van der Waals surface area contributed by atoms with Gasteiger partial charge < -0.3 is 4.57 Å². The number of nitrogens with zero attached hydrogens (tertiary/aromatic N) is 1. The third-order valence-corrected chi connectivity index (χ3v) is 12.6. The molecule has 0 aromatic rings. The first-order chi connectivity index (χ1) is 5.73. The Morgan fingerprint density at radius 2 is 1.23 bits per heavy atom. The molecule has 0 aliphatic rings. The molecule has 80 valence electrons. The van der Waals surface area contributed by atoms with E-state index in [1.54, 1.807) is 0 Å². The van der Waals surface area contributed by atoms with E-state index in [1.807, 2.05) is 0 Å².